The molecule has 0 bridgehead atoms. The Labute approximate surface area is 95.2 Å². The zero-order chi connectivity index (χ0) is 11.1. The molecule has 0 spiro atoms. The summed E-state index contributed by atoms with van der Waals surface area (Å²) in [6, 6.07) is 0. The van der Waals surface area contributed by atoms with Gasteiger partial charge in [0.25, 0.3) is 0 Å². The quantitative estimate of drug-likeness (QED) is 0.721. The first-order valence-electron chi connectivity index (χ1n) is 5.89. The minimum atomic E-state index is -0.686. The second-order valence-corrected chi connectivity index (χ2v) is 6.05. The molecule has 0 aromatic rings. The Morgan fingerprint density at radius 1 is 1.60 bits per heavy atom. The van der Waals surface area contributed by atoms with E-state index in [9.17, 15) is 4.21 Å². The van der Waals surface area contributed by atoms with Crippen molar-refractivity contribution >= 4 is 10.8 Å². The average Bonchev–Trinajstić information content (AvgIpc) is 2.70. The van der Waals surface area contributed by atoms with Crippen molar-refractivity contribution < 1.29 is 8.95 Å². The molecule has 0 amide bonds. The molecule has 1 fully saturated rings. The van der Waals surface area contributed by atoms with Gasteiger partial charge >= 0.3 is 0 Å². The molecule has 1 saturated heterocycles. The predicted octanol–water partition coefficient (Wildman–Crippen LogP) is 1.29. The van der Waals surface area contributed by atoms with Crippen LogP contribution in [0.15, 0.2) is 0 Å². The molecule has 0 saturated carbocycles. The maximum Gasteiger partial charge on any atom is 0.0576 e. The molecule has 1 heterocycles. The fourth-order valence-corrected chi connectivity index (χ4v) is 3.24. The number of ether oxygens (including phenoxy) is 1. The molecule has 15 heavy (non-hydrogen) atoms. The van der Waals surface area contributed by atoms with Crippen molar-refractivity contribution in [2.75, 3.05) is 24.7 Å². The van der Waals surface area contributed by atoms with Gasteiger partial charge in [0.15, 0.2) is 0 Å². The summed E-state index contributed by atoms with van der Waals surface area (Å²) in [4.78, 5) is 0. The van der Waals surface area contributed by atoms with E-state index in [0.717, 1.165) is 31.0 Å². The second-order valence-electron chi connectivity index (χ2n) is 4.43. The summed E-state index contributed by atoms with van der Waals surface area (Å²) in [5.74, 6) is 1.94. The van der Waals surface area contributed by atoms with Crippen LogP contribution < -0.4 is 5.73 Å². The summed E-state index contributed by atoms with van der Waals surface area (Å²) >= 11 is 0. The van der Waals surface area contributed by atoms with Crippen molar-refractivity contribution in [3.8, 4) is 0 Å². The van der Waals surface area contributed by atoms with Crippen LogP contribution in [0, 0.1) is 5.92 Å². The number of hydrogen-bond donors (Lipinski definition) is 1. The van der Waals surface area contributed by atoms with Crippen molar-refractivity contribution in [1.82, 2.24) is 0 Å². The molecule has 1 aliphatic rings. The molecule has 0 aromatic carbocycles. The summed E-state index contributed by atoms with van der Waals surface area (Å²) in [6.07, 6.45) is 4.91. The topological polar surface area (TPSA) is 52.3 Å². The lowest BCUT2D eigenvalue weighted by Crippen LogP contribution is -2.19. The van der Waals surface area contributed by atoms with E-state index in [4.69, 9.17) is 10.5 Å². The maximum absolute atomic E-state index is 11.6. The van der Waals surface area contributed by atoms with Crippen molar-refractivity contribution in [3.05, 3.63) is 0 Å². The molecule has 90 valence electrons. The average molecular weight is 233 g/mol. The van der Waals surface area contributed by atoms with Crippen molar-refractivity contribution in [2.24, 2.45) is 11.7 Å². The summed E-state index contributed by atoms with van der Waals surface area (Å²) in [5, 5.41) is 0. The molecular weight excluding hydrogens is 210 g/mol. The molecule has 3 nitrogen and oxygen atoms in total. The van der Waals surface area contributed by atoms with Crippen LogP contribution in [0.3, 0.4) is 0 Å². The highest BCUT2D eigenvalue weighted by molar-refractivity contribution is 7.84. The Morgan fingerprint density at radius 2 is 2.40 bits per heavy atom. The second kappa shape index (κ2) is 7.36. The number of hydrogen-bond acceptors (Lipinski definition) is 3. The lowest BCUT2D eigenvalue weighted by molar-refractivity contribution is 0.104. The third kappa shape index (κ3) is 5.64. The van der Waals surface area contributed by atoms with Gasteiger partial charge in [0.2, 0.25) is 0 Å². The molecule has 2 N–H and O–H groups in total. The van der Waals surface area contributed by atoms with Crippen LogP contribution in [0.25, 0.3) is 0 Å². The molecule has 3 unspecified atom stereocenters. The zero-order valence-electron chi connectivity index (χ0n) is 9.61. The van der Waals surface area contributed by atoms with E-state index in [1.165, 1.54) is 12.8 Å². The predicted molar refractivity (Wildman–Crippen MR) is 64.3 cm³/mol. The van der Waals surface area contributed by atoms with E-state index in [-0.39, 0.29) is 0 Å². The first-order valence-corrected chi connectivity index (χ1v) is 7.38. The lowest BCUT2D eigenvalue weighted by Gasteiger charge is -2.10. The third-order valence-corrected chi connectivity index (χ3v) is 4.48. The van der Waals surface area contributed by atoms with E-state index >= 15 is 0 Å². The molecule has 0 aromatic heterocycles. The maximum atomic E-state index is 11.6. The van der Waals surface area contributed by atoms with Crippen molar-refractivity contribution in [2.45, 2.75) is 38.7 Å². The fraction of sp³-hybridized carbons (Fsp3) is 1.00. The monoisotopic (exact) mass is 233 g/mol. The highest BCUT2D eigenvalue weighted by Gasteiger charge is 2.15. The lowest BCUT2D eigenvalue weighted by atomic mass is 10.1. The van der Waals surface area contributed by atoms with Gasteiger partial charge in [-0.1, -0.05) is 6.92 Å². The summed E-state index contributed by atoms with van der Waals surface area (Å²) in [6.45, 7) is 3.60. The molecule has 0 aliphatic carbocycles. The molecule has 0 radical (unpaired) electrons. The fourth-order valence-electron chi connectivity index (χ4n) is 1.81. The first-order chi connectivity index (χ1) is 7.22. The highest BCUT2D eigenvalue weighted by Crippen LogP contribution is 2.16. The minimum Gasteiger partial charge on any atom is -0.378 e. The van der Waals surface area contributed by atoms with Gasteiger partial charge in [-0.15, -0.1) is 0 Å². The van der Waals surface area contributed by atoms with Crippen LogP contribution in [0.5, 0.6) is 0 Å². The summed E-state index contributed by atoms with van der Waals surface area (Å²) in [7, 11) is -0.686. The standard InChI is InChI=1S/C11H23NO2S/c1-10(8-12)9-15(13)7-3-5-11-4-2-6-14-11/h10-11H,2-9,12H2,1H3. The van der Waals surface area contributed by atoms with Gasteiger partial charge in [-0.2, -0.15) is 0 Å². The van der Waals surface area contributed by atoms with Gasteiger partial charge in [-0.05, 0) is 38.1 Å². The van der Waals surface area contributed by atoms with E-state index in [0.29, 0.717) is 18.6 Å². The van der Waals surface area contributed by atoms with E-state index in [1.54, 1.807) is 0 Å². The Balaban J connectivity index is 2.01. The summed E-state index contributed by atoms with van der Waals surface area (Å²) in [5.41, 5.74) is 5.49. The van der Waals surface area contributed by atoms with E-state index in [1.807, 2.05) is 0 Å². The normalized spacial score (nSPS) is 25.3. The van der Waals surface area contributed by atoms with Crippen molar-refractivity contribution in [1.29, 1.82) is 0 Å². The van der Waals surface area contributed by atoms with Crippen LogP contribution in [-0.4, -0.2) is 35.0 Å². The van der Waals surface area contributed by atoms with Crippen LogP contribution in [0.4, 0.5) is 0 Å². The Morgan fingerprint density at radius 3 is 3.00 bits per heavy atom. The first kappa shape index (κ1) is 13.1. The number of nitrogens with two attached hydrogens (primary N) is 1. The summed E-state index contributed by atoms with van der Waals surface area (Å²) < 4.78 is 17.1. The SMILES string of the molecule is CC(CN)CS(=O)CCCC1CCCO1. The Bertz CT molecular complexity index is 193. The highest BCUT2D eigenvalue weighted by atomic mass is 32.2. The molecule has 4 heteroatoms. The van der Waals surface area contributed by atoms with Gasteiger partial charge in [0.05, 0.1) is 6.10 Å². The minimum absolute atomic E-state index is 0.383. The van der Waals surface area contributed by atoms with Gasteiger partial charge in [0.1, 0.15) is 0 Å². The van der Waals surface area contributed by atoms with Crippen molar-refractivity contribution in [3.63, 3.8) is 0 Å². The molecule has 1 aliphatic heterocycles. The van der Waals surface area contributed by atoms with Crippen LogP contribution in [0.1, 0.15) is 32.6 Å². The smallest absolute Gasteiger partial charge is 0.0576 e. The Hall–Kier alpha value is 0.0700. The van der Waals surface area contributed by atoms with E-state index in [2.05, 4.69) is 6.92 Å². The van der Waals surface area contributed by atoms with Gasteiger partial charge in [-0.25, -0.2) is 0 Å². The van der Waals surface area contributed by atoms with Crippen LogP contribution in [-0.2, 0) is 15.5 Å². The van der Waals surface area contributed by atoms with Gasteiger partial charge in [0, 0.05) is 28.9 Å². The molecule has 1 rings (SSSR count). The third-order valence-electron chi connectivity index (χ3n) is 2.79. The van der Waals surface area contributed by atoms with Gasteiger partial charge in [-0.3, -0.25) is 4.21 Å². The molecular formula is C11H23NO2S. The van der Waals surface area contributed by atoms with Gasteiger partial charge < -0.3 is 10.5 Å². The van der Waals surface area contributed by atoms with Crippen LogP contribution >= 0.6 is 0 Å². The molecule has 3 atom stereocenters. The van der Waals surface area contributed by atoms with E-state index < -0.39 is 10.8 Å². The Kier molecular flexibility index (Phi) is 6.45. The largest absolute Gasteiger partial charge is 0.378 e. The zero-order valence-corrected chi connectivity index (χ0v) is 10.4. The number of rotatable bonds is 7. The van der Waals surface area contributed by atoms with Crippen LogP contribution in [0.2, 0.25) is 0 Å².